The maximum atomic E-state index is 6.37. The summed E-state index contributed by atoms with van der Waals surface area (Å²) in [6.07, 6.45) is 1.49. The fraction of sp³-hybridized carbons (Fsp3) is 0.467. The first-order valence-electron chi connectivity index (χ1n) is 6.84. The standard InChI is InChI=1S/C15H21ClN4/c1-5-13-15(16)14(20(4)19-13)8-12(17)11-7-6-9(2)18-10(11)3/h6-7,12H,5,8,17H2,1-4H3. The normalized spacial score (nSPS) is 12.7. The number of hydrogen-bond donors (Lipinski definition) is 1. The topological polar surface area (TPSA) is 56.7 Å². The van der Waals surface area contributed by atoms with Crippen molar-refractivity contribution >= 4 is 11.6 Å². The molecule has 0 aliphatic rings. The van der Waals surface area contributed by atoms with Crippen LogP contribution in [0.15, 0.2) is 12.1 Å². The second-order valence-corrected chi connectivity index (χ2v) is 5.50. The van der Waals surface area contributed by atoms with Crippen molar-refractivity contribution in [3.8, 4) is 0 Å². The van der Waals surface area contributed by atoms with E-state index in [-0.39, 0.29) is 6.04 Å². The Kier molecular flexibility index (Phi) is 4.45. The maximum absolute atomic E-state index is 6.37. The van der Waals surface area contributed by atoms with Gasteiger partial charge in [0.2, 0.25) is 0 Å². The van der Waals surface area contributed by atoms with Crippen LogP contribution in [-0.2, 0) is 19.9 Å². The Morgan fingerprint density at radius 1 is 1.35 bits per heavy atom. The van der Waals surface area contributed by atoms with Gasteiger partial charge < -0.3 is 5.73 Å². The van der Waals surface area contributed by atoms with Gasteiger partial charge in [-0.2, -0.15) is 5.10 Å². The molecule has 1 unspecified atom stereocenters. The molecule has 5 heteroatoms. The number of rotatable bonds is 4. The highest BCUT2D eigenvalue weighted by atomic mass is 35.5. The van der Waals surface area contributed by atoms with Gasteiger partial charge in [-0.1, -0.05) is 24.6 Å². The van der Waals surface area contributed by atoms with Crippen LogP contribution in [-0.4, -0.2) is 14.8 Å². The van der Waals surface area contributed by atoms with Crippen LogP contribution < -0.4 is 5.73 Å². The highest BCUT2D eigenvalue weighted by Gasteiger charge is 2.18. The summed E-state index contributed by atoms with van der Waals surface area (Å²) in [7, 11) is 1.91. The summed E-state index contributed by atoms with van der Waals surface area (Å²) in [4.78, 5) is 4.47. The van der Waals surface area contributed by atoms with E-state index >= 15 is 0 Å². The van der Waals surface area contributed by atoms with Crippen LogP contribution in [0.4, 0.5) is 0 Å². The molecule has 0 radical (unpaired) electrons. The van der Waals surface area contributed by atoms with E-state index in [0.29, 0.717) is 6.42 Å². The number of aryl methyl sites for hydroxylation is 4. The van der Waals surface area contributed by atoms with Crippen molar-refractivity contribution in [3.05, 3.63) is 45.5 Å². The van der Waals surface area contributed by atoms with E-state index in [1.165, 1.54) is 0 Å². The molecule has 0 aromatic carbocycles. The number of halogens is 1. The molecule has 0 amide bonds. The van der Waals surface area contributed by atoms with Crippen molar-refractivity contribution in [2.75, 3.05) is 0 Å². The zero-order valence-corrected chi connectivity index (χ0v) is 13.2. The summed E-state index contributed by atoms with van der Waals surface area (Å²) >= 11 is 6.37. The van der Waals surface area contributed by atoms with Crippen molar-refractivity contribution in [2.24, 2.45) is 12.8 Å². The molecule has 0 aliphatic heterocycles. The number of nitrogens with zero attached hydrogens (tertiary/aromatic N) is 3. The van der Waals surface area contributed by atoms with Gasteiger partial charge in [-0.05, 0) is 31.9 Å². The van der Waals surface area contributed by atoms with Crippen molar-refractivity contribution in [2.45, 2.75) is 39.7 Å². The van der Waals surface area contributed by atoms with E-state index in [1.807, 2.05) is 44.6 Å². The Morgan fingerprint density at radius 2 is 2.05 bits per heavy atom. The lowest BCUT2D eigenvalue weighted by Crippen LogP contribution is -2.17. The van der Waals surface area contributed by atoms with E-state index in [1.54, 1.807) is 0 Å². The molecule has 0 spiro atoms. The molecule has 0 saturated carbocycles. The Balaban J connectivity index is 2.27. The van der Waals surface area contributed by atoms with E-state index < -0.39 is 0 Å². The summed E-state index contributed by atoms with van der Waals surface area (Å²) in [5.74, 6) is 0. The maximum Gasteiger partial charge on any atom is 0.0850 e. The molecule has 2 N–H and O–H groups in total. The molecule has 2 heterocycles. The zero-order chi connectivity index (χ0) is 14.9. The van der Waals surface area contributed by atoms with Gasteiger partial charge in [-0.25, -0.2) is 0 Å². The first-order chi connectivity index (χ1) is 9.43. The van der Waals surface area contributed by atoms with Crippen LogP contribution in [0.2, 0.25) is 5.02 Å². The summed E-state index contributed by atoms with van der Waals surface area (Å²) in [5.41, 5.74) is 11.3. The second kappa shape index (κ2) is 5.94. The molecule has 1 atom stereocenters. The van der Waals surface area contributed by atoms with Gasteiger partial charge in [-0.15, -0.1) is 0 Å². The number of pyridine rings is 1. The third-order valence-corrected chi connectivity index (χ3v) is 4.02. The van der Waals surface area contributed by atoms with Crippen LogP contribution >= 0.6 is 11.6 Å². The Hall–Kier alpha value is -1.39. The quantitative estimate of drug-likeness (QED) is 0.943. The molecule has 4 nitrogen and oxygen atoms in total. The minimum atomic E-state index is -0.124. The lowest BCUT2D eigenvalue weighted by atomic mass is 10.0. The predicted molar refractivity (Wildman–Crippen MR) is 81.9 cm³/mol. The average molecular weight is 293 g/mol. The second-order valence-electron chi connectivity index (χ2n) is 5.12. The number of hydrogen-bond acceptors (Lipinski definition) is 3. The van der Waals surface area contributed by atoms with Gasteiger partial charge >= 0.3 is 0 Å². The van der Waals surface area contributed by atoms with E-state index in [0.717, 1.165) is 39.8 Å². The molecule has 2 rings (SSSR count). The lowest BCUT2D eigenvalue weighted by Gasteiger charge is -2.15. The molecule has 2 aromatic heterocycles. The minimum Gasteiger partial charge on any atom is -0.324 e. The number of aromatic nitrogens is 3. The first kappa shape index (κ1) is 15.0. The fourth-order valence-electron chi connectivity index (χ4n) is 2.45. The van der Waals surface area contributed by atoms with Crippen molar-refractivity contribution < 1.29 is 0 Å². The van der Waals surface area contributed by atoms with Crippen LogP contribution in [0.5, 0.6) is 0 Å². The highest BCUT2D eigenvalue weighted by molar-refractivity contribution is 6.31. The molecule has 0 fully saturated rings. The minimum absolute atomic E-state index is 0.124. The summed E-state index contributed by atoms with van der Waals surface area (Å²) in [6.45, 7) is 6.02. The molecular weight excluding hydrogens is 272 g/mol. The van der Waals surface area contributed by atoms with Crippen molar-refractivity contribution in [1.29, 1.82) is 0 Å². The van der Waals surface area contributed by atoms with E-state index in [2.05, 4.69) is 10.1 Å². The van der Waals surface area contributed by atoms with Gasteiger partial charge in [0, 0.05) is 30.9 Å². The molecule has 108 valence electrons. The monoisotopic (exact) mass is 292 g/mol. The molecular formula is C15H21ClN4. The van der Waals surface area contributed by atoms with Crippen LogP contribution in [0.3, 0.4) is 0 Å². The Morgan fingerprint density at radius 3 is 2.60 bits per heavy atom. The SMILES string of the molecule is CCc1nn(C)c(CC(N)c2ccc(C)nc2C)c1Cl. The molecule has 0 aliphatic carbocycles. The summed E-state index contributed by atoms with van der Waals surface area (Å²) in [5, 5.41) is 5.16. The highest BCUT2D eigenvalue weighted by Crippen LogP contribution is 2.26. The lowest BCUT2D eigenvalue weighted by molar-refractivity contribution is 0.634. The van der Waals surface area contributed by atoms with E-state index in [4.69, 9.17) is 17.3 Å². The third-order valence-electron chi connectivity index (χ3n) is 3.58. The summed E-state index contributed by atoms with van der Waals surface area (Å²) in [6, 6.07) is 3.92. The van der Waals surface area contributed by atoms with Crippen molar-refractivity contribution in [3.63, 3.8) is 0 Å². The van der Waals surface area contributed by atoms with Gasteiger partial charge in [0.15, 0.2) is 0 Å². The third kappa shape index (κ3) is 2.86. The van der Waals surface area contributed by atoms with Gasteiger partial charge in [0.1, 0.15) is 0 Å². The van der Waals surface area contributed by atoms with Crippen molar-refractivity contribution in [1.82, 2.24) is 14.8 Å². The Bertz CT molecular complexity index is 619. The smallest absolute Gasteiger partial charge is 0.0850 e. The molecule has 2 aromatic rings. The molecule has 0 bridgehead atoms. The number of nitrogens with two attached hydrogens (primary N) is 1. The van der Waals surface area contributed by atoms with Crippen LogP contribution in [0.25, 0.3) is 0 Å². The largest absolute Gasteiger partial charge is 0.324 e. The fourth-order valence-corrected chi connectivity index (χ4v) is 2.82. The van der Waals surface area contributed by atoms with Gasteiger partial charge in [-0.3, -0.25) is 9.67 Å². The molecule has 0 saturated heterocycles. The Labute approximate surface area is 125 Å². The predicted octanol–water partition coefficient (Wildman–Crippen LogP) is 2.89. The van der Waals surface area contributed by atoms with Crippen LogP contribution in [0.1, 0.15) is 41.3 Å². The average Bonchev–Trinajstić information content (AvgIpc) is 2.66. The van der Waals surface area contributed by atoms with Gasteiger partial charge in [0.25, 0.3) is 0 Å². The van der Waals surface area contributed by atoms with Gasteiger partial charge in [0.05, 0.1) is 16.4 Å². The first-order valence-corrected chi connectivity index (χ1v) is 7.21. The van der Waals surface area contributed by atoms with E-state index in [9.17, 15) is 0 Å². The summed E-state index contributed by atoms with van der Waals surface area (Å²) < 4.78 is 1.83. The van der Waals surface area contributed by atoms with Crippen LogP contribution in [0, 0.1) is 13.8 Å². The molecule has 20 heavy (non-hydrogen) atoms. The zero-order valence-electron chi connectivity index (χ0n) is 12.4.